The van der Waals surface area contributed by atoms with Gasteiger partial charge in [-0.25, -0.2) is 0 Å². The number of methoxy groups -OCH3 is 1. The van der Waals surface area contributed by atoms with Crippen LogP contribution in [0.25, 0.3) is 11.4 Å². The Bertz CT molecular complexity index is 573. The fourth-order valence-corrected chi connectivity index (χ4v) is 2.78. The molecule has 1 heterocycles. The fourth-order valence-electron chi connectivity index (χ4n) is 2.78. The van der Waals surface area contributed by atoms with E-state index in [0.29, 0.717) is 11.7 Å². The van der Waals surface area contributed by atoms with E-state index in [1.54, 1.807) is 7.11 Å². The Labute approximate surface area is 112 Å². The number of nitrogen functional groups attached to an aromatic ring is 1. The van der Waals surface area contributed by atoms with Crippen LogP contribution < -0.4 is 10.5 Å². The van der Waals surface area contributed by atoms with E-state index in [0.717, 1.165) is 17.1 Å². The Kier molecular flexibility index (Phi) is 3.11. The van der Waals surface area contributed by atoms with Crippen molar-refractivity contribution >= 4 is 5.69 Å². The number of aromatic nitrogens is 3. The summed E-state index contributed by atoms with van der Waals surface area (Å²) in [4.78, 5) is 0. The predicted octanol–water partition coefficient (Wildman–Crippen LogP) is 2.65. The molecule has 1 aliphatic rings. The van der Waals surface area contributed by atoms with Crippen molar-refractivity contribution in [3.05, 3.63) is 24.5 Å². The predicted molar refractivity (Wildman–Crippen MR) is 73.9 cm³/mol. The molecule has 0 radical (unpaired) electrons. The smallest absolute Gasteiger partial charge is 0.167 e. The zero-order valence-corrected chi connectivity index (χ0v) is 11.0. The lowest BCUT2D eigenvalue weighted by Crippen LogP contribution is -2.06. The number of hydrogen-bond donors (Lipinski definition) is 1. The Balaban J connectivity index is 2.04. The van der Waals surface area contributed by atoms with Gasteiger partial charge < -0.3 is 15.0 Å². The molecular formula is C14H18N4O. The van der Waals surface area contributed by atoms with E-state index >= 15 is 0 Å². The third-order valence-corrected chi connectivity index (χ3v) is 3.76. The number of anilines is 1. The van der Waals surface area contributed by atoms with Crippen LogP contribution in [0.5, 0.6) is 5.75 Å². The molecule has 1 fully saturated rings. The van der Waals surface area contributed by atoms with Crippen LogP contribution in [0.2, 0.25) is 0 Å². The molecule has 3 rings (SSSR count). The van der Waals surface area contributed by atoms with Crippen LogP contribution >= 0.6 is 0 Å². The second-order valence-electron chi connectivity index (χ2n) is 4.96. The normalized spacial score (nSPS) is 15.8. The molecule has 2 N–H and O–H groups in total. The number of nitrogens with zero attached hydrogens (tertiary/aromatic N) is 3. The van der Waals surface area contributed by atoms with Crippen molar-refractivity contribution < 1.29 is 4.74 Å². The molecular weight excluding hydrogens is 240 g/mol. The van der Waals surface area contributed by atoms with Crippen molar-refractivity contribution in [2.45, 2.75) is 31.7 Å². The molecule has 2 aromatic rings. The van der Waals surface area contributed by atoms with Crippen LogP contribution in [-0.2, 0) is 0 Å². The van der Waals surface area contributed by atoms with E-state index in [2.05, 4.69) is 14.8 Å². The quantitative estimate of drug-likeness (QED) is 0.859. The first-order chi connectivity index (χ1) is 9.29. The third kappa shape index (κ3) is 2.16. The summed E-state index contributed by atoms with van der Waals surface area (Å²) < 4.78 is 7.57. The van der Waals surface area contributed by atoms with Gasteiger partial charge in [-0.2, -0.15) is 0 Å². The number of benzene rings is 1. The zero-order chi connectivity index (χ0) is 13.2. The van der Waals surface area contributed by atoms with Gasteiger partial charge in [0.05, 0.1) is 12.7 Å². The second-order valence-corrected chi connectivity index (χ2v) is 4.96. The van der Waals surface area contributed by atoms with Gasteiger partial charge in [-0.1, -0.05) is 12.8 Å². The zero-order valence-electron chi connectivity index (χ0n) is 11.0. The van der Waals surface area contributed by atoms with Crippen LogP contribution in [0.3, 0.4) is 0 Å². The molecule has 19 heavy (non-hydrogen) atoms. The Morgan fingerprint density at radius 1 is 1.32 bits per heavy atom. The Morgan fingerprint density at radius 3 is 2.84 bits per heavy atom. The Hall–Kier alpha value is -2.04. The van der Waals surface area contributed by atoms with Crippen molar-refractivity contribution in [2.75, 3.05) is 12.8 Å². The molecule has 1 saturated carbocycles. The SMILES string of the molecule is COc1cc(N)ccc1-c1nncn1C1CCCC1. The van der Waals surface area contributed by atoms with Crippen molar-refractivity contribution in [3.63, 3.8) is 0 Å². The summed E-state index contributed by atoms with van der Waals surface area (Å²) in [5, 5.41) is 8.33. The lowest BCUT2D eigenvalue weighted by atomic mass is 10.1. The van der Waals surface area contributed by atoms with E-state index < -0.39 is 0 Å². The highest BCUT2D eigenvalue weighted by atomic mass is 16.5. The highest BCUT2D eigenvalue weighted by Gasteiger charge is 2.22. The molecule has 1 aromatic heterocycles. The minimum atomic E-state index is 0.507. The molecule has 100 valence electrons. The van der Waals surface area contributed by atoms with E-state index in [-0.39, 0.29) is 0 Å². The summed E-state index contributed by atoms with van der Waals surface area (Å²) >= 11 is 0. The minimum absolute atomic E-state index is 0.507. The maximum atomic E-state index is 5.79. The average Bonchev–Trinajstić information content (AvgIpc) is 3.08. The van der Waals surface area contributed by atoms with E-state index in [1.807, 2.05) is 24.5 Å². The highest BCUT2D eigenvalue weighted by Crippen LogP contribution is 2.36. The first-order valence-electron chi connectivity index (χ1n) is 6.63. The number of nitrogens with two attached hydrogens (primary N) is 1. The van der Waals surface area contributed by atoms with Gasteiger partial charge in [0.1, 0.15) is 12.1 Å². The molecule has 5 heteroatoms. The standard InChI is InChI=1S/C14H18N4O/c1-19-13-8-10(15)6-7-12(13)14-17-16-9-18(14)11-4-2-3-5-11/h6-9,11H,2-5,15H2,1H3. The second kappa shape index (κ2) is 4.91. The van der Waals surface area contributed by atoms with Crippen molar-refractivity contribution in [2.24, 2.45) is 0 Å². The molecule has 1 aromatic carbocycles. The van der Waals surface area contributed by atoms with Gasteiger partial charge in [0.25, 0.3) is 0 Å². The summed E-state index contributed by atoms with van der Waals surface area (Å²) in [7, 11) is 1.65. The molecule has 0 amide bonds. The van der Waals surface area contributed by atoms with Crippen LogP contribution in [-0.4, -0.2) is 21.9 Å². The summed E-state index contributed by atoms with van der Waals surface area (Å²) in [6, 6.07) is 6.14. The molecule has 0 bridgehead atoms. The number of rotatable bonds is 3. The average molecular weight is 258 g/mol. The van der Waals surface area contributed by atoms with Gasteiger partial charge in [0.15, 0.2) is 5.82 Å². The highest BCUT2D eigenvalue weighted by molar-refractivity contribution is 5.68. The number of ether oxygens (including phenoxy) is 1. The lowest BCUT2D eigenvalue weighted by molar-refractivity contribution is 0.415. The monoisotopic (exact) mass is 258 g/mol. The maximum Gasteiger partial charge on any atom is 0.167 e. The fraction of sp³-hybridized carbons (Fsp3) is 0.429. The lowest BCUT2D eigenvalue weighted by Gasteiger charge is -2.15. The summed E-state index contributed by atoms with van der Waals surface area (Å²) in [6.07, 6.45) is 6.77. The van der Waals surface area contributed by atoms with Gasteiger partial charge in [-0.3, -0.25) is 0 Å². The minimum Gasteiger partial charge on any atom is -0.496 e. The van der Waals surface area contributed by atoms with Crippen LogP contribution in [0.15, 0.2) is 24.5 Å². The van der Waals surface area contributed by atoms with Gasteiger partial charge >= 0.3 is 0 Å². The summed E-state index contributed by atoms with van der Waals surface area (Å²) in [5.74, 6) is 1.61. The molecule has 0 aliphatic heterocycles. The van der Waals surface area contributed by atoms with Crippen molar-refractivity contribution in [1.29, 1.82) is 0 Å². The number of hydrogen-bond acceptors (Lipinski definition) is 4. The third-order valence-electron chi connectivity index (χ3n) is 3.76. The Morgan fingerprint density at radius 2 is 2.11 bits per heavy atom. The summed E-state index contributed by atoms with van der Waals surface area (Å²) in [6.45, 7) is 0. The van der Waals surface area contributed by atoms with Crippen LogP contribution in [0.1, 0.15) is 31.7 Å². The first kappa shape index (κ1) is 12.0. The first-order valence-corrected chi connectivity index (χ1v) is 6.63. The van der Waals surface area contributed by atoms with E-state index in [9.17, 15) is 0 Å². The molecule has 1 aliphatic carbocycles. The molecule has 0 unspecified atom stereocenters. The molecule has 0 spiro atoms. The van der Waals surface area contributed by atoms with Crippen LogP contribution in [0.4, 0.5) is 5.69 Å². The largest absolute Gasteiger partial charge is 0.496 e. The topological polar surface area (TPSA) is 66.0 Å². The van der Waals surface area contributed by atoms with Gasteiger partial charge in [0.2, 0.25) is 0 Å². The van der Waals surface area contributed by atoms with Gasteiger partial charge in [0, 0.05) is 17.8 Å². The molecule has 0 saturated heterocycles. The van der Waals surface area contributed by atoms with E-state index in [1.165, 1.54) is 25.7 Å². The maximum absolute atomic E-state index is 5.79. The van der Waals surface area contributed by atoms with Crippen LogP contribution in [0, 0.1) is 0 Å². The van der Waals surface area contributed by atoms with Crippen molar-refractivity contribution in [3.8, 4) is 17.1 Å². The van der Waals surface area contributed by atoms with E-state index in [4.69, 9.17) is 10.5 Å². The molecule has 0 atom stereocenters. The van der Waals surface area contributed by atoms with Gasteiger partial charge in [-0.15, -0.1) is 10.2 Å². The molecule has 5 nitrogen and oxygen atoms in total. The van der Waals surface area contributed by atoms with Crippen molar-refractivity contribution in [1.82, 2.24) is 14.8 Å². The summed E-state index contributed by atoms with van der Waals surface area (Å²) in [5.41, 5.74) is 7.43. The van der Waals surface area contributed by atoms with Gasteiger partial charge in [-0.05, 0) is 25.0 Å².